The van der Waals surface area contributed by atoms with Crippen molar-refractivity contribution >= 4 is 30.9 Å². The van der Waals surface area contributed by atoms with Gasteiger partial charge in [0, 0.05) is 42.6 Å². The summed E-state index contributed by atoms with van der Waals surface area (Å²) in [5, 5.41) is 11.4. The van der Waals surface area contributed by atoms with Crippen LogP contribution in [-0.4, -0.2) is 76.0 Å². The lowest BCUT2D eigenvalue weighted by molar-refractivity contribution is -0.199. The van der Waals surface area contributed by atoms with E-state index in [9.17, 15) is 19.2 Å². The van der Waals surface area contributed by atoms with Crippen molar-refractivity contribution in [1.82, 2.24) is 15.3 Å². The zero-order valence-electron chi connectivity index (χ0n) is 35.8. The van der Waals surface area contributed by atoms with Gasteiger partial charge in [-0.1, -0.05) is 38.1 Å². The van der Waals surface area contributed by atoms with E-state index in [1.54, 1.807) is 64.5 Å². The number of carbonyl (C=O) groups is 4. The van der Waals surface area contributed by atoms with Crippen LogP contribution < -0.4 is 15.8 Å². The molecule has 4 N–H and O–H groups in total. The molecular formula is C44H59BN4O10. The molecule has 2 bridgehead atoms. The Bertz CT molecular complexity index is 1970. The lowest BCUT2D eigenvalue weighted by Crippen LogP contribution is -2.65. The highest BCUT2D eigenvalue weighted by molar-refractivity contribution is 6.48. The van der Waals surface area contributed by atoms with Crippen LogP contribution in [0, 0.1) is 17.3 Å². The number of ether oxygens (including phenoxy) is 3. The van der Waals surface area contributed by atoms with Gasteiger partial charge in [0.25, 0.3) is 0 Å². The molecule has 2 unspecified atom stereocenters. The fraction of sp³-hybridized carbons (Fsp3) is 0.545. The second kappa shape index (κ2) is 17.8. The Kier molecular flexibility index (Phi) is 13.6. The largest absolute Gasteiger partial charge is 0.496 e. The highest BCUT2D eigenvalue weighted by Crippen LogP contribution is 2.66. The van der Waals surface area contributed by atoms with Crippen molar-refractivity contribution in [3.63, 3.8) is 0 Å². The minimum Gasteiger partial charge on any atom is -0.496 e. The van der Waals surface area contributed by atoms with Gasteiger partial charge in [-0.3, -0.25) is 14.8 Å². The number of para-hydroxylation sites is 1. The average molecular weight is 815 g/mol. The molecule has 3 aliphatic carbocycles. The Balaban J connectivity index is 0.000000309. The molecule has 1 saturated heterocycles. The van der Waals surface area contributed by atoms with Crippen LogP contribution in [0.1, 0.15) is 121 Å². The zero-order valence-corrected chi connectivity index (χ0v) is 35.8. The summed E-state index contributed by atoms with van der Waals surface area (Å²) >= 11 is 0. The van der Waals surface area contributed by atoms with Gasteiger partial charge in [-0.05, 0) is 114 Å². The van der Waals surface area contributed by atoms with E-state index in [4.69, 9.17) is 34.4 Å². The second-order valence-corrected chi connectivity index (χ2v) is 18.4. The van der Waals surface area contributed by atoms with Crippen molar-refractivity contribution < 1.29 is 47.8 Å². The van der Waals surface area contributed by atoms with Crippen LogP contribution in [0.3, 0.4) is 0 Å². The van der Waals surface area contributed by atoms with Gasteiger partial charge in [0.15, 0.2) is 11.8 Å². The average Bonchev–Trinajstić information content (AvgIpc) is 3.53. The molecule has 7 atom stereocenters. The van der Waals surface area contributed by atoms with E-state index in [0.717, 1.165) is 18.4 Å². The fourth-order valence-electron chi connectivity index (χ4n) is 8.52. The number of hydrogen-bond acceptors (Lipinski definition) is 12. The highest BCUT2D eigenvalue weighted by Gasteiger charge is 2.68. The predicted molar refractivity (Wildman–Crippen MR) is 221 cm³/mol. The number of carboxylic acid groups (broad SMARTS) is 1. The van der Waals surface area contributed by atoms with Crippen molar-refractivity contribution in [1.29, 1.82) is 0 Å². The first-order valence-corrected chi connectivity index (χ1v) is 20.1. The lowest BCUT2D eigenvalue weighted by Gasteiger charge is -2.64. The number of methoxy groups -OCH3 is 1. The minimum absolute atomic E-state index is 0.0242. The third-order valence-corrected chi connectivity index (χ3v) is 11.5. The van der Waals surface area contributed by atoms with Crippen molar-refractivity contribution in [3.05, 3.63) is 89.5 Å². The molecule has 4 fully saturated rings. The van der Waals surface area contributed by atoms with Gasteiger partial charge in [0.05, 0.1) is 24.9 Å². The lowest BCUT2D eigenvalue weighted by atomic mass is 9.43. The fourth-order valence-corrected chi connectivity index (χ4v) is 8.52. The Morgan fingerprint density at radius 1 is 0.932 bits per heavy atom. The monoisotopic (exact) mass is 814 g/mol. The zero-order chi connectivity index (χ0) is 43.5. The SMILES string of the molecule is CC(C)(C)OC(=O)NC(C(=O)O)c1cccnc1.COc1c(C[C@H](CC(=O)C(N)c2cccnc2)B2O[C@@H]3C[C@@H]4C[C@@H](C4(C)C)[C@]3(C)O2)cccc1C(=O)OC(C)(C)C. The molecule has 318 valence electrons. The molecule has 7 rings (SSSR count). The smallest absolute Gasteiger partial charge is 0.461 e. The normalized spacial score (nSPS) is 23.2. The number of alkyl carbamates (subject to hydrolysis) is 1. The van der Waals surface area contributed by atoms with Gasteiger partial charge in [-0.15, -0.1) is 0 Å². The predicted octanol–water partition coefficient (Wildman–Crippen LogP) is 7.08. The molecule has 3 aromatic rings. The van der Waals surface area contributed by atoms with Gasteiger partial charge in [0.1, 0.15) is 22.5 Å². The number of carbonyl (C=O) groups excluding carboxylic acids is 3. The molecule has 3 heterocycles. The summed E-state index contributed by atoms with van der Waals surface area (Å²) in [4.78, 5) is 57.2. The number of hydrogen-bond donors (Lipinski definition) is 3. The van der Waals surface area contributed by atoms with Crippen LogP contribution in [0.5, 0.6) is 5.75 Å². The van der Waals surface area contributed by atoms with Crippen LogP contribution in [-0.2, 0) is 34.8 Å². The molecular weight excluding hydrogens is 755 g/mol. The summed E-state index contributed by atoms with van der Waals surface area (Å²) < 4.78 is 29.9. The van der Waals surface area contributed by atoms with Gasteiger partial charge in [-0.25, -0.2) is 14.4 Å². The number of aliphatic carboxylic acids is 1. The van der Waals surface area contributed by atoms with Crippen LogP contribution in [0.25, 0.3) is 0 Å². The number of benzene rings is 1. The van der Waals surface area contributed by atoms with E-state index in [-0.39, 0.29) is 29.5 Å². The number of pyridine rings is 2. The van der Waals surface area contributed by atoms with E-state index in [1.807, 2.05) is 39.0 Å². The summed E-state index contributed by atoms with van der Waals surface area (Å²) in [6.45, 7) is 17.4. The number of Topliss-reactive ketones (excluding diaryl/α,β-unsaturated/α-hetero) is 1. The second-order valence-electron chi connectivity index (χ2n) is 18.4. The first-order chi connectivity index (χ1) is 27.5. The van der Waals surface area contributed by atoms with Gasteiger partial charge in [-0.2, -0.15) is 0 Å². The summed E-state index contributed by atoms with van der Waals surface area (Å²) in [5.74, 6) is -0.677. The van der Waals surface area contributed by atoms with Gasteiger partial charge < -0.3 is 39.7 Å². The number of amides is 1. The molecule has 14 nitrogen and oxygen atoms in total. The maximum Gasteiger partial charge on any atom is 0.461 e. The number of aromatic nitrogens is 2. The molecule has 0 radical (unpaired) electrons. The van der Waals surface area contributed by atoms with Gasteiger partial charge in [0.2, 0.25) is 0 Å². The maximum absolute atomic E-state index is 13.6. The number of nitrogens with two attached hydrogens (primary N) is 1. The Morgan fingerprint density at radius 3 is 2.10 bits per heavy atom. The third-order valence-electron chi connectivity index (χ3n) is 11.5. The molecule has 0 spiro atoms. The van der Waals surface area contributed by atoms with Crippen LogP contribution in [0.15, 0.2) is 67.3 Å². The van der Waals surface area contributed by atoms with Crippen LogP contribution >= 0.6 is 0 Å². The number of carboxylic acids is 1. The van der Waals surface area contributed by atoms with E-state index >= 15 is 0 Å². The molecule has 4 aliphatic rings. The first kappa shape index (κ1) is 45.2. The maximum atomic E-state index is 13.6. The highest BCUT2D eigenvalue weighted by atomic mass is 16.7. The summed E-state index contributed by atoms with van der Waals surface area (Å²) in [6.07, 6.45) is 8.01. The van der Waals surface area contributed by atoms with Crippen LogP contribution in [0.2, 0.25) is 5.82 Å². The molecule has 1 aromatic carbocycles. The number of nitrogens with one attached hydrogen (secondary N) is 1. The van der Waals surface area contributed by atoms with Crippen molar-refractivity contribution in [2.75, 3.05) is 7.11 Å². The number of nitrogens with zero attached hydrogens (tertiary/aromatic N) is 2. The molecule has 59 heavy (non-hydrogen) atoms. The standard InChI is InChI=1S/C32H43BN2O6.C12H16N2O4/c1-30(2,3)39-29(37)23-12-8-10-19(28(23)38-7)14-22(17-24(36)27(34)20-11-9-13-35-18-20)33-40-26-16-21-15-25(31(21,4)5)32(26,6)41-33;1-12(2,3)18-11(17)14-9(10(15)16)8-5-4-6-13-7-8/h8-13,18,21-22,25-27H,14-17,34H2,1-7H3;4-7,9H,1-3H3,(H,14,17)(H,15,16)/t21-,22+,25-,26+,27?,32-;/m0./s1. The van der Waals surface area contributed by atoms with Crippen molar-refractivity contribution in [2.45, 2.75) is 129 Å². The summed E-state index contributed by atoms with van der Waals surface area (Å²) in [5.41, 5.74) is 7.02. The minimum atomic E-state index is -1.17. The molecule has 1 aliphatic heterocycles. The number of ketones is 1. The van der Waals surface area contributed by atoms with E-state index in [2.05, 4.69) is 36.1 Å². The van der Waals surface area contributed by atoms with Crippen LogP contribution in [0.4, 0.5) is 4.79 Å². The van der Waals surface area contributed by atoms with Gasteiger partial charge >= 0.3 is 25.2 Å². The summed E-state index contributed by atoms with van der Waals surface area (Å²) in [6, 6.07) is 10.2. The Labute approximate surface area is 347 Å². The quantitative estimate of drug-likeness (QED) is 0.124. The summed E-state index contributed by atoms with van der Waals surface area (Å²) in [7, 11) is 0.943. The Hall–Kier alpha value is -4.86. The number of rotatable bonds is 12. The molecule has 15 heteroatoms. The molecule has 3 saturated carbocycles. The molecule has 1 amide bonds. The van der Waals surface area contributed by atoms with E-state index < -0.39 is 54.0 Å². The van der Waals surface area contributed by atoms with E-state index in [0.29, 0.717) is 40.7 Å². The van der Waals surface area contributed by atoms with E-state index in [1.165, 1.54) is 12.4 Å². The van der Waals surface area contributed by atoms with Crippen molar-refractivity contribution in [3.8, 4) is 5.75 Å². The van der Waals surface area contributed by atoms with Crippen molar-refractivity contribution in [2.24, 2.45) is 23.0 Å². The molecule has 2 aromatic heterocycles. The topological polar surface area (TPSA) is 198 Å². The first-order valence-electron chi connectivity index (χ1n) is 20.1. The Morgan fingerprint density at radius 2 is 1.56 bits per heavy atom. The number of esters is 1. The third kappa shape index (κ3) is 10.7.